The van der Waals surface area contributed by atoms with Gasteiger partial charge in [0.1, 0.15) is 0 Å². The van der Waals surface area contributed by atoms with Gasteiger partial charge in [-0.2, -0.15) is 0 Å². The number of nitrogens with two attached hydrogens (primary N) is 1. The molecule has 0 saturated heterocycles. The summed E-state index contributed by atoms with van der Waals surface area (Å²) in [4.78, 5) is 0. The number of ether oxygens (including phenoxy) is 2. The topological polar surface area (TPSA) is 44.5 Å². The van der Waals surface area contributed by atoms with E-state index >= 15 is 0 Å². The highest BCUT2D eigenvalue weighted by molar-refractivity contribution is 4.82. The Morgan fingerprint density at radius 2 is 1.81 bits per heavy atom. The Bertz CT molecular complexity index is 210. The Morgan fingerprint density at radius 1 is 1.06 bits per heavy atom. The molecule has 3 heteroatoms. The summed E-state index contributed by atoms with van der Waals surface area (Å²) in [5.74, 6) is 0.600. The van der Waals surface area contributed by atoms with E-state index < -0.39 is 0 Å². The van der Waals surface area contributed by atoms with Gasteiger partial charge in [0.05, 0.1) is 18.3 Å². The second-order valence-corrected chi connectivity index (χ2v) is 5.25. The predicted molar refractivity (Wildman–Crippen MR) is 64.3 cm³/mol. The third kappa shape index (κ3) is 2.96. The molecule has 0 amide bonds. The highest BCUT2D eigenvalue weighted by atomic mass is 16.5. The second kappa shape index (κ2) is 5.99. The minimum absolute atomic E-state index is 0.413. The zero-order valence-corrected chi connectivity index (χ0v) is 10.4. The summed E-state index contributed by atoms with van der Waals surface area (Å²) in [5, 5.41) is 0. The molecule has 94 valence electrons. The molecule has 2 fully saturated rings. The maximum absolute atomic E-state index is 6.23. The maximum atomic E-state index is 6.23. The molecule has 2 N–H and O–H groups in total. The number of hydrogen-bond donors (Lipinski definition) is 1. The van der Waals surface area contributed by atoms with E-state index in [1.54, 1.807) is 0 Å². The first-order valence-corrected chi connectivity index (χ1v) is 6.71. The van der Waals surface area contributed by atoms with E-state index in [2.05, 4.69) is 0 Å². The van der Waals surface area contributed by atoms with Gasteiger partial charge in [0, 0.05) is 7.11 Å². The molecular formula is C13H25NO2. The fraction of sp³-hybridized carbons (Fsp3) is 1.00. The van der Waals surface area contributed by atoms with Gasteiger partial charge >= 0.3 is 0 Å². The molecule has 0 aliphatic heterocycles. The Morgan fingerprint density at radius 3 is 2.56 bits per heavy atom. The van der Waals surface area contributed by atoms with Gasteiger partial charge in [-0.3, -0.25) is 0 Å². The lowest BCUT2D eigenvalue weighted by molar-refractivity contribution is -0.0750. The summed E-state index contributed by atoms with van der Waals surface area (Å²) in [6.07, 6.45) is 9.70. The standard InChI is InChI=1S/C13H25NO2/c1-15-11-5-3-6-12(8-11)16-13-7-2-4-10(13)9-14/h10-13H,2-9,14H2,1H3. The average molecular weight is 227 g/mol. The van der Waals surface area contributed by atoms with Gasteiger partial charge < -0.3 is 15.2 Å². The van der Waals surface area contributed by atoms with Gasteiger partial charge in [-0.1, -0.05) is 6.42 Å². The van der Waals surface area contributed by atoms with Crippen LogP contribution in [0.4, 0.5) is 0 Å². The van der Waals surface area contributed by atoms with Gasteiger partial charge in [-0.25, -0.2) is 0 Å². The lowest BCUT2D eigenvalue weighted by Crippen LogP contribution is -2.34. The molecule has 16 heavy (non-hydrogen) atoms. The second-order valence-electron chi connectivity index (χ2n) is 5.25. The zero-order chi connectivity index (χ0) is 11.4. The van der Waals surface area contributed by atoms with Crippen LogP contribution in [0.5, 0.6) is 0 Å². The molecule has 0 aromatic rings. The summed E-state index contributed by atoms with van der Waals surface area (Å²) >= 11 is 0. The lowest BCUT2D eigenvalue weighted by Gasteiger charge is -2.32. The van der Waals surface area contributed by atoms with Crippen molar-refractivity contribution in [3.8, 4) is 0 Å². The molecule has 4 atom stereocenters. The average Bonchev–Trinajstić information content (AvgIpc) is 2.76. The highest BCUT2D eigenvalue weighted by Gasteiger charge is 2.31. The van der Waals surface area contributed by atoms with Gasteiger partial charge in [-0.15, -0.1) is 0 Å². The molecule has 0 aromatic carbocycles. The van der Waals surface area contributed by atoms with Crippen molar-refractivity contribution in [3.05, 3.63) is 0 Å². The van der Waals surface area contributed by atoms with Gasteiger partial charge in [0.2, 0.25) is 0 Å². The van der Waals surface area contributed by atoms with Crippen LogP contribution in [0.1, 0.15) is 44.9 Å². The molecule has 0 radical (unpaired) electrons. The van der Waals surface area contributed by atoms with Gasteiger partial charge in [0.15, 0.2) is 0 Å². The minimum Gasteiger partial charge on any atom is -0.381 e. The monoisotopic (exact) mass is 227 g/mol. The molecule has 2 rings (SSSR count). The summed E-state index contributed by atoms with van der Waals surface area (Å²) in [6.45, 7) is 0.783. The van der Waals surface area contributed by atoms with E-state index in [1.165, 1.54) is 38.5 Å². The summed E-state index contributed by atoms with van der Waals surface area (Å²) in [6, 6.07) is 0. The van der Waals surface area contributed by atoms with Crippen LogP contribution < -0.4 is 5.73 Å². The quantitative estimate of drug-likeness (QED) is 0.800. The van der Waals surface area contributed by atoms with E-state index in [1.807, 2.05) is 7.11 Å². The Kier molecular flexibility index (Phi) is 4.62. The van der Waals surface area contributed by atoms with Crippen molar-refractivity contribution in [1.82, 2.24) is 0 Å². The summed E-state index contributed by atoms with van der Waals surface area (Å²) in [7, 11) is 1.81. The number of methoxy groups -OCH3 is 1. The molecule has 2 saturated carbocycles. The molecule has 0 spiro atoms. The molecule has 0 heterocycles. The molecule has 0 aromatic heterocycles. The van der Waals surface area contributed by atoms with Crippen LogP contribution in [-0.4, -0.2) is 32.0 Å². The minimum atomic E-state index is 0.413. The largest absolute Gasteiger partial charge is 0.381 e. The van der Waals surface area contributed by atoms with Gasteiger partial charge in [0.25, 0.3) is 0 Å². The van der Waals surface area contributed by atoms with E-state index in [4.69, 9.17) is 15.2 Å². The van der Waals surface area contributed by atoms with Gasteiger partial charge in [-0.05, 0) is 51.0 Å². The normalized spacial score (nSPS) is 40.1. The Balaban J connectivity index is 1.79. The van der Waals surface area contributed by atoms with Crippen LogP contribution in [0.2, 0.25) is 0 Å². The van der Waals surface area contributed by atoms with E-state index in [0.29, 0.717) is 24.2 Å². The van der Waals surface area contributed by atoms with Crippen molar-refractivity contribution in [2.45, 2.75) is 63.3 Å². The van der Waals surface area contributed by atoms with E-state index in [0.717, 1.165) is 13.0 Å². The first-order valence-electron chi connectivity index (χ1n) is 6.71. The number of rotatable bonds is 4. The van der Waals surface area contributed by atoms with Crippen LogP contribution >= 0.6 is 0 Å². The summed E-state index contributed by atoms with van der Waals surface area (Å²) < 4.78 is 11.7. The zero-order valence-electron chi connectivity index (χ0n) is 10.4. The third-order valence-electron chi connectivity index (χ3n) is 4.17. The smallest absolute Gasteiger partial charge is 0.0619 e. The fourth-order valence-corrected chi connectivity index (χ4v) is 3.14. The van der Waals surface area contributed by atoms with E-state index in [9.17, 15) is 0 Å². The van der Waals surface area contributed by atoms with Crippen LogP contribution in [0.15, 0.2) is 0 Å². The molecule has 3 nitrogen and oxygen atoms in total. The van der Waals surface area contributed by atoms with Crippen molar-refractivity contribution < 1.29 is 9.47 Å². The van der Waals surface area contributed by atoms with E-state index in [-0.39, 0.29) is 0 Å². The van der Waals surface area contributed by atoms with Crippen LogP contribution in [0, 0.1) is 5.92 Å². The van der Waals surface area contributed by atoms with Crippen molar-refractivity contribution in [2.24, 2.45) is 11.7 Å². The molecule has 0 bridgehead atoms. The highest BCUT2D eigenvalue weighted by Crippen LogP contribution is 2.32. The SMILES string of the molecule is COC1CCCC(OC2CCCC2CN)C1. The van der Waals surface area contributed by atoms with Crippen molar-refractivity contribution in [1.29, 1.82) is 0 Å². The van der Waals surface area contributed by atoms with Crippen molar-refractivity contribution in [3.63, 3.8) is 0 Å². The Hall–Kier alpha value is -0.120. The fourth-order valence-electron chi connectivity index (χ4n) is 3.14. The molecule has 2 aliphatic carbocycles. The maximum Gasteiger partial charge on any atom is 0.0619 e. The first-order chi connectivity index (χ1) is 7.83. The first kappa shape index (κ1) is 12.3. The molecule has 4 unspecified atom stereocenters. The Labute approximate surface area is 98.7 Å². The van der Waals surface area contributed by atoms with Crippen molar-refractivity contribution in [2.75, 3.05) is 13.7 Å². The summed E-state index contributed by atoms with van der Waals surface area (Å²) in [5.41, 5.74) is 5.78. The van der Waals surface area contributed by atoms with Crippen molar-refractivity contribution >= 4 is 0 Å². The van der Waals surface area contributed by atoms with Crippen LogP contribution in [0.3, 0.4) is 0 Å². The van der Waals surface area contributed by atoms with Crippen LogP contribution in [-0.2, 0) is 9.47 Å². The van der Waals surface area contributed by atoms with Crippen LogP contribution in [0.25, 0.3) is 0 Å². The lowest BCUT2D eigenvalue weighted by atomic mass is 9.94. The third-order valence-corrected chi connectivity index (χ3v) is 4.17. The predicted octanol–water partition coefficient (Wildman–Crippen LogP) is 2.09. The molecular weight excluding hydrogens is 202 g/mol. The molecule has 2 aliphatic rings. The number of hydrogen-bond acceptors (Lipinski definition) is 3.